The van der Waals surface area contributed by atoms with Crippen molar-refractivity contribution in [3.8, 4) is 5.75 Å². The molecule has 2 atom stereocenters. The summed E-state index contributed by atoms with van der Waals surface area (Å²) in [5.41, 5.74) is 1.40. The van der Waals surface area contributed by atoms with Crippen molar-refractivity contribution < 1.29 is 4.74 Å². The summed E-state index contributed by atoms with van der Waals surface area (Å²) in [4.78, 5) is 28.6. The number of hydrogen-bond donors (Lipinski definition) is 2. The molecule has 6 rings (SSSR count). The van der Waals surface area contributed by atoms with Crippen molar-refractivity contribution in [3.05, 3.63) is 32.7 Å². The van der Waals surface area contributed by atoms with Gasteiger partial charge in [0.15, 0.2) is 5.75 Å². The van der Waals surface area contributed by atoms with E-state index in [0.29, 0.717) is 23.4 Å². The first-order valence-corrected chi connectivity index (χ1v) is 11.2. The average molecular weight is 413 g/mol. The minimum atomic E-state index is -0.288. The van der Waals surface area contributed by atoms with Crippen LogP contribution in [0, 0.1) is 5.92 Å². The van der Waals surface area contributed by atoms with Crippen molar-refractivity contribution in [1.29, 1.82) is 0 Å². The van der Waals surface area contributed by atoms with E-state index in [1.54, 1.807) is 7.11 Å². The van der Waals surface area contributed by atoms with Crippen LogP contribution in [0.2, 0.25) is 0 Å². The molecule has 1 aliphatic carbocycles. The fraction of sp³-hybridized carbons (Fsp3) is 0.524. The van der Waals surface area contributed by atoms with Crippen molar-refractivity contribution in [2.45, 2.75) is 37.8 Å². The second-order valence-electron chi connectivity index (χ2n) is 8.53. The molecule has 2 aliphatic heterocycles. The van der Waals surface area contributed by atoms with E-state index >= 15 is 0 Å². The summed E-state index contributed by atoms with van der Waals surface area (Å²) in [6, 6.07) is 4.73. The highest BCUT2D eigenvalue weighted by atomic mass is 32.1. The lowest BCUT2D eigenvalue weighted by Crippen LogP contribution is -2.40. The van der Waals surface area contributed by atoms with Crippen LogP contribution in [-0.2, 0) is 0 Å². The number of hydrogen-bond acceptors (Lipinski definition) is 6. The highest BCUT2D eigenvalue weighted by molar-refractivity contribution is 7.12. The van der Waals surface area contributed by atoms with E-state index in [4.69, 9.17) is 4.74 Å². The zero-order valence-corrected chi connectivity index (χ0v) is 17.2. The summed E-state index contributed by atoms with van der Waals surface area (Å²) < 4.78 is 10.9. The van der Waals surface area contributed by atoms with Crippen LogP contribution in [0.15, 0.2) is 21.7 Å². The predicted octanol–water partition coefficient (Wildman–Crippen LogP) is 2.44. The van der Waals surface area contributed by atoms with Crippen LogP contribution in [0.25, 0.3) is 21.1 Å². The number of benzene rings is 1. The Morgan fingerprint density at radius 3 is 2.79 bits per heavy atom. The summed E-state index contributed by atoms with van der Waals surface area (Å²) in [7, 11) is 1.69. The molecule has 0 radical (unpaired) electrons. The van der Waals surface area contributed by atoms with Gasteiger partial charge in [0.05, 0.1) is 23.7 Å². The zero-order valence-electron chi connectivity index (χ0n) is 16.4. The highest BCUT2D eigenvalue weighted by Gasteiger charge is 2.37. The van der Waals surface area contributed by atoms with Gasteiger partial charge in [0.2, 0.25) is 5.43 Å². The molecule has 0 bridgehead atoms. The molecule has 1 saturated carbocycles. The summed E-state index contributed by atoms with van der Waals surface area (Å²) in [5.74, 6) is 1.42. The summed E-state index contributed by atoms with van der Waals surface area (Å²) in [6.07, 6.45) is 4.61. The molecule has 1 aromatic carbocycles. The van der Waals surface area contributed by atoms with Crippen LogP contribution in [-0.4, -0.2) is 41.7 Å². The number of piperidine rings is 1. The number of nitrogens with one attached hydrogen (secondary N) is 2. The van der Waals surface area contributed by atoms with Gasteiger partial charge in [-0.2, -0.15) is 0 Å². The van der Waals surface area contributed by atoms with Gasteiger partial charge in [0.25, 0.3) is 5.56 Å². The smallest absolute Gasteiger partial charge is 0.271 e. The summed E-state index contributed by atoms with van der Waals surface area (Å²) in [6.45, 7) is 3.06. The second-order valence-corrected chi connectivity index (χ2v) is 9.32. The number of pyridine rings is 1. The molecule has 7 nitrogen and oxygen atoms in total. The van der Waals surface area contributed by atoms with E-state index in [2.05, 4.69) is 19.2 Å². The number of rotatable bonds is 3. The normalized spacial score (nSPS) is 24.4. The molecule has 0 spiro atoms. The van der Waals surface area contributed by atoms with Crippen molar-refractivity contribution >= 4 is 38.3 Å². The van der Waals surface area contributed by atoms with Crippen LogP contribution in [0.1, 0.15) is 31.7 Å². The Morgan fingerprint density at radius 1 is 1.17 bits per heavy atom. The number of anilines is 1. The maximum atomic E-state index is 13.2. The van der Waals surface area contributed by atoms with Gasteiger partial charge in [-0.3, -0.25) is 14.0 Å². The quantitative estimate of drug-likeness (QED) is 0.691. The molecule has 2 N–H and O–H groups in total. The van der Waals surface area contributed by atoms with Crippen LogP contribution >= 0.6 is 11.5 Å². The van der Waals surface area contributed by atoms with Crippen LogP contribution in [0.4, 0.5) is 5.69 Å². The maximum Gasteiger partial charge on any atom is 0.271 e. The minimum absolute atomic E-state index is 0.198. The van der Waals surface area contributed by atoms with Gasteiger partial charge < -0.3 is 19.5 Å². The molecule has 0 unspecified atom stereocenters. The Kier molecular flexibility index (Phi) is 3.83. The van der Waals surface area contributed by atoms with Gasteiger partial charge in [-0.15, -0.1) is 0 Å². The zero-order chi connectivity index (χ0) is 19.7. The SMILES string of the molecule is COc1c(N2C[C@H]3CCCN[C@H]3C2)ccc2c(=O)c3c(=O)[nH]sc3n(C3CC3)c12. The lowest BCUT2D eigenvalue weighted by molar-refractivity contribution is 0.340. The Balaban J connectivity index is 1.61. The molecule has 2 aromatic heterocycles. The maximum absolute atomic E-state index is 13.2. The number of ether oxygens (including phenoxy) is 1. The van der Waals surface area contributed by atoms with E-state index in [9.17, 15) is 9.59 Å². The Morgan fingerprint density at radius 2 is 2.03 bits per heavy atom. The first-order chi connectivity index (χ1) is 14.2. The van der Waals surface area contributed by atoms with Crippen molar-refractivity contribution in [2.75, 3.05) is 31.6 Å². The molecular formula is C21H24N4O3S. The topological polar surface area (TPSA) is 79.4 Å². The molecule has 3 aromatic rings. The Labute approximate surface area is 171 Å². The van der Waals surface area contributed by atoms with Crippen molar-refractivity contribution in [1.82, 2.24) is 14.3 Å². The van der Waals surface area contributed by atoms with E-state index in [1.807, 2.05) is 12.1 Å². The van der Waals surface area contributed by atoms with Gasteiger partial charge >= 0.3 is 0 Å². The number of aromatic amines is 1. The average Bonchev–Trinajstić information content (AvgIpc) is 3.36. The lowest BCUT2D eigenvalue weighted by atomic mass is 9.94. The fourth-order valence-corrected chi connectivity index (χ4v) is 6.18. The molecule has 8 heteroatoms. The monoisotopic (exact) mass is 412 g/mol. The van der Waals surface area contributed by atoms with Crippen LogP contribution in [0.5, 0.6) is 5.75 Å². The fourth-order valence-electron chi connectivity index (χ4n) is 5.26. The summed E-state index contributed by atoms with van der Waals surface area (Å²) in [5, 5.41) is 4.51. The first-order valence-electron chi connectivity index (χ1n) is 10.4. The van der Waals surface area contributed by atoms with E-state index in [-0.39, 0.29) is 16.4 Å². The Bertz CT molecular complexity index is 1220. The number of fused-ring (bicyclic) bond motifs is 3. The minimum Gasteiger partial charge on any atom is -0.492 e. The van der Waals surface area contributed by atoms with Gasteiger partial charge in [-0.05, 0) is 61.8 Å². The van der Waals surface area contributed by atoms with Gasteiger partial charge in [-0.25, -0.2) is 0 Å². The number of nitrogens with zero attached hydrogens (tertiary/aromatic N) is 2. The first kappa shape index (κ1) is 17.5. The molecular weight excluding hydrogens is 388 g/mol. The number of aromatic nitrogens is 2. The van der Waals surface area contributed by atoms with E-state index in [1.165, 1.54) is 24.4 Å². The third kappa shape index (κ3) is 2.51. The lowest BCUT2D eigenvalue weighted by Gasteiger charge is -2.24. The number of H-pyrrole nitrogens is 1. The molecule has 4 heterocycles. The molecule has 3 fully saturated rings. The standard InChI is InChI=1S/C21H24N4O3S/c1-28-19-15(24-9-11-3-2-8-22-14(11)10-24)7-6-13-17(19)25(12-4-5-12)21-16(18(13)26)20(27)23-29-21/h6-7,11-12,14,22H,2-5,8-10H2,1H3,(H,23,27)/t11-,14+/m1/s1. The van der Waals surface area contributed by atoms with Crippen molar-refractivity contribution in [2.24, 2.45) is 5.92 Å². The van der Waals surface area contributed by atoms with Crippen LogP contribution in [0.3, 0.4) is 0 Å². The molecule has 29 heavy (non-hydrogen) atoms. The molecule has 152 valence electrons. The van der Waals surface area contributed by atoms with Gasteiger partial charge in [-0.1, -0.05) is 0 Å². The van der Waals surface area contributed by atoms with E-state index in [0.717, 1.165) is 54.3 Å². The predicted molar refractivity (Wildman–Crippen MR) is 116 cm³/mol. The number of methoxy groups -OCH3 is 1. The molecule has 0 amide bonds. The second kappa shape index (κ2) is 6.34. The van der Waals surface area contributed by atoms with Gasteiger partial charge in [0.1, 0.15) is 10.2 Å². The Hall–Kier alpha value is -2.32. The highest BCUT2D eigenvalue weighted by Crippen LogP contribution is 2.45. The van der Waals surface area contributed by atoms with E-state index < -0.39 is 0 Å². The van der Waals surface area contributed by atoms with Crippen molar-refractivity contribution in [3.63, 3.8) is 0 Å². The third-order valence-corrected chi connectivity index (χ3v) is 7.66. The third-order valence-electron chi connectivity index (χ3n) is 6.78. The molecule has 3 aliphatic rings. The molecule has 2 saturated heterocycles. The van der Waals surface area contributed by atoms with Gasteiger partial charge in [0, 0.05) is 25.2 Å². The summed E-state index contributed by atoms with van der Waals surface area (Å²) >= 11 is 1.26. The largest absolute Gasteiger partial charge is 0.492 e. The van der Waals surface area contributed by atoms with Crippen LogP contribution < -0.4 is 25.9 Å².